The molecule has 0 aliphatic carbocycles. The summed E-state index contributed by atoms with van der Waals surface area (Å²) in [6.07, 6.45) is 1.83. The molecule has 0 radical (unpaired) electrons. The second-order valence-electron chi connectivity index (χ2n) is 5.15. The first-order valence-electron chi connectivity index (χ1n) is 6.64. The molecule has 0 spiro atoms. The van der Waals surface area contributed by atoms with E-state index in [1.807, 2.05) is 12.1 Å². The Labute approximate surface area is 135 Å². The zero-order chi connectivity index (χ0) is 14.5. The van der Waals surface area contributed by atoms with E-state index >= 15 is 0 Å². The molecule has 2 rings (SSSR count). The summed E-state index contributed by atoms with van der Waals surface area (Å²) in [6, 6.07) is 14.2. The molecule has 0 saturated carbocycles. The molecule has 0 N–H and O–H groups in total. The third kappa shape index (κ3) is 4.41. The summed E-state index contributed by atoms with van der Waals surface area (Å²) in [5, 5.41) is 1.39. The average molecular weight is 328 g/mol. The Morgan fingerprint density at radius 1 is 0.950 bits per heavy atom. The smallest absolute Gasteiger partial charge is 0.0452 e. The SMILES string of the molecule is Cc1ccc(CC(CCl)Cc2ccc(Cl)cc2Cl)cc1. The normalized spacial score (nSPS) is 12.4. The third-order valence-electron chi connectivity index (χ3n) is 3.39. The number of hydrogen-bond donors (Lipinski definition) is 0. The van der Waals surface area contributed by atoms with Crippen molar-refractivity contribution in [2.24, 2.45) is 5.92 Å². The molecular formula is C17H17Cl3. The van der Waals surface area contributed by atoms with Gasteiger partial charge >= 0.3 is 0 Å². The Bertz CT molecular complexity index is 561. The van der Waals surface area contributed by atoms with Crippen LogP contribution in [0.4, 0.5) is 0 Å². The second-order valence-corrected chi connectivity index (χ2v) is 6.30. The van der Waals surface area contributed by atoms with Crippen LogP contribution in [0.2, 0.25) is 10.0 Å². The lowest BCUT2D eigenvalue weighted by Gasteiger charge is -2.15. The number of rotatable bonds is 5. The van der Waals surface area contributed by atoms with Gasteiger partial charge in [-0.25, -0.2) is 0 Å². The van der Waals surface area contributed by atoms with E-state index in [9.17, 15) is 0 Å². The molecule has 0 fully saturated rings. The van der Waals surface area contributed by atoms with Crippen LogP contribution < -0.4 is 0 Å². The van der Waals surface area contributed by atoms with Crippen LogP contribution in [0.1, 0.15) is 16.7 Å². The first-order chi connectivity index (χ1) is 9.58. The predicted molar refractivity (Wildman–Crippen MR) is 89.3 cm³/mol. The van der Waals surface area contributed by atoms with Gasteiger partial charge in [0.1, 0.15) is 0 Å². The van der Waals surface area contributed by atoms with Gasteiger partial charge in [0, 0.05) is 15.9 Å². The molecule has 0 bridgehead atoms. The zero-order valence-electron chi connectivity index (χ0n) is 11.4. The minimum Gasteiger partial charge on any atom is -0.126 e. The van der Waals surface area contributed by atoms with Crippen LogP contribution in [0.25, 0.3) is 0 Å². The number of aryl methyl sites for hydroxylation is 1. The van der Waals surface area contributed by atoms with Gasteiger partial charge in [-0.3, -0.25) is 0 Å². The lowest BCUT2D eigenvalue weighted by molar-refractivity contribution is 0.584. The van der Waals surface area contributed by atoms with Crippen LogP contribution in [0.3, 0.4) is 0 Å². The fourth-order valence-electron chi connectivity index (χ4n) is 2.24. The van der Waals surface area contributed by atoms with E-state index in [1.54, 1.807) is 6.07 Å². The highest BCUT2D eigenvalue weighted by atomic mass is 35.5. The summed E-state index contributed by atoms with van der Waals surface area (Å²) in [5.41, 5.74) is 3.69. The van der Waals surface area contributed by atoms with Crippen molar-refractivity contribution >= 4 is 34.8 Å². The number of hydrogen-bond acceptors (Lipinski definition) is 0. The third-order valence-corrected chi connectivity index (χ3v) is 4.41. The first kappa shape index (κ1) is 15.7. The van der Waals surface area contributed by atoms with Gasteiger partial charge in [0.05, 0.1) is 0 Å². The summed E-state index contributed by atoms with van der Waals surface area (Å²) in [5.74, 6) is 0.991. The predicted octanol–water partition coefficient (Wildman–Crippen LogP) is 5.94. The van der Waals surface area contributed by atoms with E-state index in [4.69, 9.17) is 34.8 Å². The van der Waals surface area contributed by atoms with E-state index in [1.165, 1.54) is 11.1 Å². The maximum atomic E-state index is 6.23. The Hall–Kier alpha value is -0.690. The maximum absolute atomic E-state index is 6.23. The number of benzene rings is 2. The molecule has 1 unspecified atom stereocenters. The van der Waals surface area contributed by atoms with Crippen molar-refractivity contribution in [1.29, 1.82) is 0 Å². The van der Waals surface area contributed by atoms with Crippen molar-refractivity contribution in [2.45, 2.75) is 19.8 Å². The number of alkyl halides is 1. The van der Waals surface area contributed by atoms with Gasteiger partial charge in [0.2, 0.25) is 0 Å². The Kier molecular flexibility index (Phi) is 5.77. The lowest BCUT2D eigenvalue weighted by atomic mass is 9.94. The Morgan fingerprint density at radius 3 is 2.25 bits per heavy atom. The molecule has 20 heavy (non-hydrogen) atoms. The van der Waals surface area contributed by atoms with Crippen LogP contribution in [-0.4, -0.2) is 5.88 Å². The van der Waals surface area contributed by atoms with Gasteiger partial charge in [-0.15, -0.1) is 11.6 Å². The number of halogens is 3. The Morgan fingerprint density at radius 2 is 1.65 bits per heavy atom. The van der Waals surface area contributed by atoms with Crippen LogP contribution in [-0.2, 0) is 12.8 Å². The van der Waals surface area contributed by atoms with E-state index < -0.39 is 0 Å². The quantitative estimate of drug-likeness (QED) is 0.596. The molecule has 1 atom stereocenters. The van der Waals surface area contributed by atoms with Crippen LogP contribution in [0.5, 0.6) is 0 Å². The standard InChI is InChI=1S/C17H17Cl3/c1-12-2-4-13(5-3-12)8-14(11-18)9-15-6-7-16(19)10-17(15)20/h2-7,10,14H,8-9,11H2,1H3. The molecule has 106 valence electrons. The highest BCUT2D eigenvalue weighted by molar-refractivity contribution is 6.35. The average Bonchev–Trinajstić information content (AvgIpc) is 2.43. The maximum Gasteiger partial charge on any atom is 0.0452 e. The minimum atomic E-state index is 0.373. The molecule has 3 heteroatoms. The van der Waals surface area contributed by atoms with Crippen molar-refractivity contribution < 1.29 is 0 Å². The van der Waals surface area contributed by atoms with Crippen molar-refractivity contribution in [2.75, 3.05) is 5.88 Å². The van der Waals surface area contributed by atoms with Gasteiger partial charge in [-0.05, 0) is 48.9 Å². The van der Waals surface area contributed by atoms with Crippen molar-refractivity contribution in [3.63, 3.8) is 0 Å². The first-order valence-corrected chi connectivity index (χ1v) is 7.93. The highest BCUT2D eigenvalue weighted by Crippen LogP contribution is 2.25. The molecule has 0 saturated heterocycles. The van der Waals surface area contributed by atoms with E-state index in [0.29, 0.717) is 16.8 Å². The molecule has 0 aliphatic rings. The summed E-state index contributed by atoms with van der Waals surface area (Å²) < 4.78 is 0. The second kappa shape index (κ2) is 7.36. The molecule has 0 nitrogen and oxygen atoms in total. The molecular weight excluding hydrogens is 311 g/mol. The molecule has 0 aliphatic heterocycles. The molecule has 2 aromatic carbocycles. The molecule has 0 amide bonds. The Balaban J connectivity index is 2.07. The zero-order valence-corrected chi connectivity index (χ0v) is 13.6. The summed E-state index contributed by atoms with van der Waals surface area (Å²) >= 11 is 18.3. The van der Waals surface area contributed by atoms with Crippen molar-refractivity contribution in [3.8, 4) is 0 Å². The van der Waals surface area contributed by atoms with E-state index in [0.717, 1.165) is 23.4 Å². The van der Waals surface area contributed by atoms with Crippen LogP contribution in [0, 0.1) is 12.8 Å². The fraction of sp³-hybridized carbons (Fsp3) is 0.294. The van der Waals surface area contributed by atoms with Crippen molar-refractivity contribution in [1.82, 2.24) is 0 Å². The monoisotopic (exact) mass is 326 g/mol. The van der Waals surface area contributed by atoms with Gasteiger partial charge in [-0.2, -0.15) is 0 Å². The van der Waals surface area contributed by atoms with Gasteiger partial charge in [0.25, 0.3) is 0 Å². The highest BCUT2D eigenvalue weighted by Gasteiger charge is 2.12. The van der Waals surface area contributed by atoms with Gasteiger partial charge in [0.15, 0.2) is 0 Å². The molecule has 2 aromatic rings. The lowest BCUT2D eigenvalue weighted by Crippen LogP contribution is -2.10. The topological polar surface area (TPSA) is 0 Å². The summed E-state index contributed by atoms with van der Waals surface area (Å²) in [7, 11) is 0. The van der Waals surface area contributed by atoms with E-state index in [2.05, 4.69) is 31.2 Å². The van der Waals surface area contributed by atoms with Crippen LogP contribution in [0.15, 0.2) is 42.5 Å². The van der Waals surface area contributed by atoms with E-state index in [-0.39, 0.29) is 0 Å². The largest absolute Gasteiger partial charge is 0.126 e. The van der Waals surface area contributed by atoms with Crippen molar-refractivity contribution in [3.05, 3.63) is 69.2 Å². The summed E-state index contributed by atoms with van der Waals surface area (Å²) in [6.45, 7) is 2.09. The van der Waals surface area contributed by atoms with Crippen LogP contribution >= 0.6 is 34.8 Å². The molecule has 0 aromatic heterocycles. The van der Waals surface area contributed by atoms with Gasteiger partial charge < -0.3 is 0 Å². The fourth-order valence-corrected chi connectivity index (χ4v) is 2.94. The molecule has 0 heterocycles. The summed E-state index contributed by atoms with van der Waals surface area (Å²) in [4.78, 5) is 0. The van der Waals surface area contributed by atoms with Gasteiger partial charge in [-0.1, -0.05) is 59.1 Å². The minimum absolute atomic E-state index is 0.373.